The second-order valence-electron chi connectivity index (χ2n) is 8.45. The third kappa shape index (κ3) is 5.75. The number of aliphatic hydroxyl groups excluding tert-OH is 1. The molecule has 1 saturated carbocycles. The predicted molar refractivity (Wildman–Crippen MR) is 90.5 cm³/mol. The van der Waals surface area contributed by atoms with Crippen molar-refractivity contribution < 1.29 is 14.6 Å². The van der Waals surface area contributed by atoms with Crippen LogP contribution in [0.1, 0.15) is 74.1 Å². The van der Waals surface area contributed by atoms with Crippen molar-refractivity contribution in [2.75, 3.05) is 0 Å². The molecule has 3 nitrogen and oxygen atoms in total. The van der Waals surface area contributed by atoms with Gasteiger partial charge in [0, 0.05) is 0 Å². The Bertz CT molecular complexity index is 413. The number of ether oxygens (including phenoxy) is 1. The van der Waals surface area contributed by atoms with Crippen LogP contribution in [-0.4, -0.2) is 22.8 Å². The van der Waals surface area contributed by atoms with E-state index in [0.29, 0.717) is 5.92 Å². The fourth-order valence-corrected chi connectivity index (χ4v) is 3.17. The maximum Gasteiger partial charge on any atom is 0.310 e. The molecule has 0 aromatic rings. The van der Waals surface area contributed by atoms with Crippen molar-refractivity contribution in [3.8, 4) is 0 Å². The second-order valence-corrected chi connectivity index (χ2v) is 8.45. The van der Waals surface area contributed by atoms with E-state index in [1.165, 1.54) is 5.57 Å². The molecule has 1 aliphatic rings. The first-order valence-corrected chi connectivity index (χ1v) is 8.51. The summed E-state index contributed by atoms with van der Waals surface area (Å²) < 4.78 is 5.54. The first-order chi connectivity index (χ1) is 9.95. The van der Waals surface area contributed by atoms with Crippen molar-refractivity contribution in [1.29, 1.82) is 0 Å². The van der Waals surface area contributed by atoms with Gasteiger partial charge >= 0.3 is 5.97 Å². The van der Waals surface area contributed by atoms with Gasteiger partial charge in [-0.05, 0) is 71.6 Å². The summed E-state index contributed by atoms with van der Waals surface area (Å²) in [5, 5.41) is 9.27. The van der Waals surface area contributed by atoms with Crippen LogP contribution in [0.15, 0.2) is 11.6 Å². The van der Waals surface area contributed by atoms with E-state index in [1.54, 1.807) is 0 Å². The molecular formula is C19H34O3. The van der Waals surface area contributed by atoms with Crippen LogP contribution in [0, 0.1) is 17.3 Å². The fourth-order valence-electron chi connectivity index (χ4n) is 3.17. The zero-order valence-electron chi connectivity index (χ0n) is 15.4. The molecule has 1 N–H and O–H groups in total. The third-order valence-corrected chi connectivity index (χ3v) is 4.64. The Balaban J connectivity index is 2.45. The maximum absolute atomic E-state index is 12.3. The SMILES string of the molecule is C/C(=C\CCC(C)O)CC[C@@H]1[C@@H](C(=O)OC(C)(C)C)C1(C)C. The van der Waals surface area contributed by atoms with Crippen LogP contribution in [0.25, 0.3) is 0 Å². The summed E-state index contributed by atoms with van der Waals surface area (Å²) >= 11 is 0. The highest BCUT2D eigenvalue weighted by Gasteiger charge is 2.62. The van der Waals surface area contributed by atoms with Gasteiger partial charge < -0.3 is 9.84 Å². The normalized spacial score (nSPS) is 25.7. The fraction of sp³-hybridized carbons (Fsp3) is 0.842. The lowest BCUT2D eigenvalue weighted by Gasteiger charge is -2.20. The molecule has 0 aliphatic heterocycles. The molecule has 1 aliphatic carbocycles. The van der Waals surface area contributed by atoms with Crippen LogP contribution < -0.4 is 0 Å². The van der Waals surface area contributed by atoms with Gasteiger partial charge in [-0.2, -0.15) is 0 Å². The van der Waals surface area contributed by atoms with E-state index in [2.05, 4.69) is 26.8 Å². The van der Waals surface area contributed by atoms with Gasteiger partial charge in [-0.25, -0.2) is 0 Å². The Morgan fingerprint density at radius 3 is 2.45 bits per heavy atom. The number of hydrogen-bond donors (Lipinski definition) is 1. The number of allylic oxidation sites excluding steroid dienone is 2. The van der Waals surface area contributed by atoms with Crippen molar-refractivity contribution >= 4 is 5.97 Å². The topological polar surface area (TPSA) is 46.5 Å². The van der Waals surface area contributed by atoms with Gasteiger partial charge in [0.15, 0.2) is 0 Å². The van der Waals surface area contributed by atoms with Crippen LogP contribution in [0.2, 0.25) is 0 Å². The smallest absolute Gasteiger partial charge is 0.310 e. The van der Waals surface area contributed by atoms with Gasteiger partial charge in [-0.15, -0.1) is 0 Å². The molecular weight excluding hydrogens is 276 g/mol. The summed E-state index contributed by atoms with van der Waals surface area (Å²) in [5.74, 6) is 0.415. The second kappa shape index (κ2) is 7.16. The minimum atomic E-state index is -0.406. The Kier molecular flexibility index (Phi) is 6.26. The van der Waals surface area contributed by atoms with Gasteiger partial charge in [0.1, 0.15) is 5.60 Å². The highest BCUT2D eigenvalue weighted by molar-refractivity contribution is 5.78. The highest BCUT2D eigenvalue weighted by Crippen LogP contribution is 2.61. The molecule has 3 heteroatoms. The molecule has 128 valence electrons. The van der Waals surface area contributed by atoms with E-state index in [4.69, 9.17) is 4.74 Å². The van der Waals surface area contributed by atoms with E-state index in [0.717, 1.165) is 25.7 Å². The standard InChI is InChI=1S/C19H34O3/c1-13(9-8-10-14(2)20)11-12-15-16(19(15,6)7)17(21)22-18(3,4)5/h9,14-16,20H,8,10-12H2,1-7H3/b13-9+/t14?,15-,16+/m1/s1. The molecule has 1 rings (SSSR count). The van der Waals surface area contributed by atoms with Crippen LogP contribution in [0.4, 0.5) is 0 Å². The average molecular weight is 310 g/mol. The number of aliphatic hydroxyl groups is 1. The van der Waals surface area contributed by atoms with E-state index < -0.39 is 5.60 Å². The quantitative estimate of drug-likeness (QED) is 0.557. The first-order valence-electron chi connectivity index (χ1n) is 8.51. The van der Waals surface area contributed by atoms with Gasteiger partial charge in [0.05, 0.1) is 12.0 Å². The molecule has 0 saturated heterocycles. The lowest BCUT2D eigenvalue weighted by atomic mass is 10.0. The largest absolute Gasteiger partial charge is 0.460 e. The Morgan fingerprint density at radius 1 is 1.36 bits per heavy atom. The molecule has 0 aromatic heterocycles. The monoisotopic (exact) mass is 310 g/mol. The molecule has 22 heavy (non-hydrogen) atoms. The molecule has 0 amide bonds. The van der Waals surface area contributed by atoms with Gasteiger partial charge in [0.25, 0.3) is 0 Å². The van der Waals surface area contributed by atoms with Crippen LogP contribution in [-0.2, 0) is 9.53 Å². The Labute approximate surface area is 136 Å². The predicted octanol–water partition coefficient (Wildman–Crippen LogP) is 4.49. The molecule has 0 spiro atoms. The van der Waals surface area contributed by atoms with E-state index in [1.807, 2.05) is 27.7 Å². The van der Waals surface area contributed by atoms with Crippen molar-refractivity contribution in [3.63, 3.8) is 0 Å². The number of carbonyl (C=O) groups excluding carboxylic acids is 1. The van der Waals surface area contributed by atoms with Crippen LogP contribution in [0.5, 0.6) is 0 Å². The number of hydrogen-bond acceptors (Lipinski definition) is 3. The average Bonchev–Trinajstić information content (AvgIpc) is 2.85. The first kappa shape index (κ1) is 19.2. The number of carbonyl (C=O) groups is 1. The Hall–Kier alpha value is -0.830. The van der Waals surface area contributed by atoms with Crippen molar-refractivity contribution in [1.82, 2.24) is 0 Å². The number of esters is 1. The van der Waals surface area contributed by atoms with Crippen molar-refractivity contribution in [3.05, 3.63) is 11.6 Å². The lowest BCUT2D eigenvalue weighted by Crippen LogP contribution is -2.26. The lowest BCUT2D eigenvalue weighted by molar-refractivity contribution is -0.157. The summed E-state index contributed by atoms with van der Waals surface area (Å²) in [4.78, 5) is 12.3. The zero-order valence-corrected chi connectivity index (χ0v) is 15.4. The van der Waals surface area contributed by atoms with Crippen molar-refractivity contribution in [2.24, 2.45) is 17.3 Å². The maximum atomic E-state index is 12.3. The molecule has 0 radical (unpaired) electrons. The summed E-state index contributed by atoms with van der Waals surface area (Å²) in [7, 11) is 0. The summed E-state index contributed by atoms with van der Waals surface area (Å²) in [5.41, 5.74) is 1.01. The summed E-state index contributed by atoms with van der Waals surface area (Å²) in [6, 6.07) is 0. The van der Waals surface area contributed by atoms with Crippen molar-refractivity contribution in [2.45, 2.75) is 85.9 Å². The third-order valence-electron chi connectivity index (χ3n) is 4.64. The summed E-state index contributed by atoms with van der Waals surface area (Å²) in [6.45, 7) is 14.1. The summed E-state index contributed by atoms with van der Waals surface area (Å²) in [6.07, 6.45) is 5.77. The van der Waals surface area contributed by atoms with Crippen LogP contribution in [0.3, 0.4) is 0 Å². The molecule has 1 fully saturated rings. The minimum absolute atomic E-state index is 0.0389. The molecule has 0 aromatic carbocycles. The van der Waals surface area contributed by atoms with Gasteiger partial charge in [-0.1, -0.05) is 25.5 Å². The highest BCUT2D eigenvalue weighted by atomic mass is 16.6. The molecule has 3 atom stereocenters. The van der Waals surface area contributed by atoms with E-state index >= 15 is 0 Å². The minimum Gasteiger partial charge on any atom is -0.460 e. The van der Waals surface area contributed by atoms with E-state index in [-0.39, 0.29) is 23.4 Å². The zero-order chi connectivity index (χ0) is 17.1. The molecule has 1 unspecified atom stereocenters. The van der Waals surface area contributed by atoms with Crippen LogP contribution >= 0.6 is 0 Å². The molecule has 0 bridgehead atoms. The Morgan fingerprint density at radius 2 is 1.95 bits per heavy atom. The number of rotatable bonds is 7. The van der Waals surface area contributed by atoms with E-state index in [9.17, 15) is 9.90 Å². The van der Waals surface area contributed by atoms with Gasteiger partial charge in [-0.3, -0.25) is 4.79 Å². The molecule has 0 heterocycles. The van der Waals surface area contributed by atoms with Gasteiger partial charge in [0.2, 0.25) is 0 Å².